The molecule has 5 heteroatoms. The van der Waals surface area contributed by atoms with Gasteiger partial charge in [-0.05, 0) is 50.2 Å². The van der Waals surface area contributed by atoms with Gasteiger partial charge in [-0.3, -0.25) is 9.59 Å². The molecule has 0 unspecified atom stereocenters. The Kier molecular flexibility index (Phi) is 3.33. The summed E-state index contributed by atoms with van der Waals surface area (Å²) in [6.45, 7) is 5.35. The molecule has 2 N–H and O–H groups in total. The Morgan fingerprint density at radius 3 is 2.52 bits per heavy atom. The minimum Gasteiger partial charge on any atom is -0.390 e. The predicted molar refractivity (Wildman–Crippen MR) is 89.5 cm³/mol. The Labute approximate surface area is 147 Å². The maximum absolute atomic E-state index is 16.6. The van der Waals surface area contributed by atoms with Gasteiger partial charge in [0.15, 0.2) is 17.2 Å². The summed E-state index contributed by atoms with van der Waals surface area (Å²) in [5.74, 6) is -1.33. The summed E-state index contributed by atoms with van der Waals surface area (Å²) in [6, 6.07) is 0. The fourth-order valence-corrected chi connectivity index (χ4v) is 6.54. The van der Waals surface area contributed by atoms with Gasteiger partial charge in [0.25, 0.3) is 0 Å². The molecular formula is C20H27FO4. The van der Waals surface area contributed by atoms with Crippen LogP contribution in [0, 0.1) is 22.7 Å². The second kappa shape index (κ2) is 4.80. The zero-order chi connectivity index (χ0) is 18.4. The molecule has 0 aromatic carbocycles. The molecule has 138 valence electrons. The summed E-state index contributed by atoms with van der Waals surface area (Å²) in [6.07, 6.45) is 2.31. The molecule has 7 atom stereocenters. The second-order valence-electron chi connectivity index (χ2n) is 9.40. The number of aliphatic hydroxyl groups excluding tert-OH is 1. The highest BCUT2D eigenvalue weighted by Gasteiger charge is 2.73. The Morgan fingerprint density at radius 2 is 1.84 bits per heavy atom. The van der Waals surface area contributed by atoms with Crippen molar-refractivity contribution in [3.05, 3.63) is 11.6 Å². The van der Waals surface area contributed by atoms with Crippen molar-refractivity contribution >= 4 is 11.6 Å². The lowest BCUT2D eigenvalue weighted by atomic mass is 9.44. The van der Waals surface area contributed by atoms with Gasteiger partial charge in [0.1, 0.15) is 0 Å². The van der Waals surface area contributed by atoms with E-state index in [2.05, 4.69) is 0 Å². The van der Waals surface area contributed by atoms with Crippen LogP contribution in [0.4, 0.5) is 4.39 Å². The predicted octanol–water partition coefficient (Wildman–Crippen LogP) is 2.51. The molecule has 0 spiro atoms. The van der Waals surface area contributed by atoms with E-state index in [1.807, 2.05) is 6.92 Å². The normalized spacial score (nSPS) is 55.3. The molecule has 4 rings (SSSR count). The first-order chi connectivity index (χ1) is 11.5. The van der Waals surface area contributed by atoms with Crippen LogP contribution in [-0.4, -0.2) is 39.2 Å². The number of hydrogen-bond acceptors (Lipinski definition) is 4. The molecule has 4 aliphatic carbocycles. The number of rotatable bonds is 0. The van der Waals surface area contributed by atoms with Crippen LogP contribution in [-0.2, 0) is 9.59 Å². The number of fused-ring (bicyclic) bond motifs is 5. The molecule has 4 nitrogen and oxygen atoms in total. The van der Waals surface area contributed by atoms with E-state index in [0.717, 1.165) is 0 Å². The van der Waals surface area contributed by atoms with Crippen LogP contribution in [0.1, 0.15) is 59.3 Å². The van der Waals surface area contributed by atoms with Gasteiger partial charge in [0, 0.05) is 29.6 Å². The van der Waals surface area contributed by atoms with E-state index in [4.69, 9.17) is 0 Å². The molecule has 0 aliphatic heterocycles. The average Bonchev–Trinajstić information content (AvgIpc) is 2.75. The van der Waals surface area contributed by atoms with Crippen molar-refractivity contribution in [2.45, 2.75) is 76.7 Å². The summed E-state index contributed by atoms with van der Waals surface area (Å²) < 4.78 is 16.6. The van der Waals surface area contributed by atoms with Crippen LogP contribution < -0.4 is 0 Å². The van der Waals surface area contributed by atoms with Crippen molar-refractivity contribution in [3.8, 4) is 0 Å². The Balaban J connectivity index is 1.87. The van der Waals surface area contributed by atoms with E-state index < -0.39 is 39.9 Å². The number of aliphatic hydroxyl groups is 2. The summed E-state index contributed by atoms with van der Waals surface area (Å²) in [5.41, 5.74) is -4.46. The molecule has 0 radical (unpaired) electrons. The van der Waals surface area contributed by atoms with Crippen LogP contribution >= 0.6 is 0 Å². The van der Waals surface area contributed by atoms with E-state index in [1.165, 1.54) is 6.08 Å². The standard InChI is InChI=1S/C20H27FO4/c1-17-6-4-11(22)8-14(17)15(23)9-13-12-5-7-19(3,25)18(12,2)10-16(24)20(13,17)21/h8,12-13,15,23,25H,4-7,9-10H2,1-3H3/t12-,13-,15+,17-,18-,19-,20-/m0/s1. The highest BCUT2D eigenvalue weighted by Crippen LogP contribution is 2.69. The van der Waals surface area contributed by atoms with Crippen molar-refractivity contribution in [3.63, 3.8) is 0 Å². The Bertz CT molecular complexity index is 698. The third kappa shape index (κ3) is 1.84. The zero-order valence-corrected chi connectivity index (χ0v) is 15.1. The minimum atomic E-state index is -2.07. The topological polar surface area (TPSA) is 74.6 Å². The highest BCUT2D eigenvalue weighted by molar-refractivity contribution is 5.95. The number of hydrogen-bond donors (Lipinski definition) is 2. The molecule has 0 heterocycles. The lowest BCUT2D eigenvalue weighted by molar-refractivity contribution is -0.190. The van der Waals surface area contributed by atoms with Gasteiger partial charge in [0.2, 0.25) is 0 Å². The lowest BCUT2D eigenvalue weighted by Crippen LogP contribution is -2.68. The maximum atomic E-state index is 16.6. The van der Waals surface area contributed by atoms with E-state index in [9.17, 15) is 19.8 Å². The molecule has 0 aromatic rings. The third-order valence-corrected chi connectivity index (χ3v) is 8.39. The van der Waals surface area contributed by atoms with Gasteiger partial charge in [-0.1, -0.05) is 13.8 Å². The van der Waals surface area contributed by atoms with Crippen LogP contribution in [0.25, 0.3) is 0 Å². The largest absolute Gasteiger partial charge is 0.390 e. The SMILES string of the molecule is C[C@]1(O)CC[C@H]2[C@@H]3C[C@@H](O)C4=CC(=O)CC[C@]4(C)[C@@]3(F)C(=O)C[C@@]21C. The van der Waals surface area contributed by atoms with E-state index in [0.29, 0.717) is 18.4 Å². The van der Waals surface area contributed by atoms with E-state index >= 15 is 4.39 Å². The molecule has 0 amide bonds. The third-order valence-electron chi connectivity index (χ3n) is 8.39. The molecule has 3 fully saturated rings. The van der Waals surface area contributed by atoms with Gasteiger partial charge in [-0.2, -0.15) is 0 Å². The molecular weight excluding hydrogens is 323 g/mol. The fraction of sp³-hybridized carbons (Fsp3) is 0.800. The molecule has 4 aliphatic rings. The smallest absolute Gasteiger partial charge is 0.181 e. The highest BCUT2D eigenvalue weighted by atomic mass is 19.1. The van der Waals surface area contributed by atoms with E-state index in [-0.39, 0.29) is 37.4 Å². The number of ketones is 2. The zero-order valence-electron chi connectivity index (χ0n) is 15.1. The van der Waals surface area contributed by atoms with Gasteiger partial charge < -0.3 is 10.2 Å². The minimum absolute atomic E-state index is 0.0184. The van der Waals surface area contributed by atoms with Crippen LogP contribution in [0.15, 0.2) is 11.6 Å². The van der Waals surface area contributed by atoms with Crippen molar-refractivity contribution in [1.29, 1.82) is 0 Å². The number of Topliss-reactive ketones (excluding diaryl/α,β-unsaturated/α-hetero) is 1. The lowest BCUT2D eigenvalue weighted by Gasteiger charge is -2.61. The van der Waals surface area contributed by atoms with Crippen LogP contribution in [0.2, 0.25) is 0 Å². The average molecular weight is 350 g/mol. The monoisotopic (exact) mass is 350 g/mol. The van der Waals surface area contributed by atoms with Crippen molar-refractivity contribution < 1.29 is 24.2 Å². The summed E-state index contributed by atoms with van der Waals surface area (Å²) in [7, 11) is 0. The van der Waals surface area contributed by atoms with Gasteiger partial charge in [-0.15, -0.1) is 0 Å². The first-order valence-corrected chi connectivity index (χ1v) is 9.35. The van der Waals surface area contributed by atoms with Crippen LogP contribution in [0.3, 0.4) is 0 Å². The van der Waals surface area contributed by atoms with Gasteiger partial charge >= 0.3 is 0 Å². The summed E-state index contributed by atoms with van der Waals surface area (Å²) >= 11 is 0. The summed E-state index contributed by atoms with van der Waals surface area (Å²) in [5, 5.41) is 21.5. The first-order valence-electron chi connectivity index (χ1n) is 9.35. The van der Waals surface area contributed by atoms with Crippen molar-refractivity contribution in [1.82, 2.24) is 0 Å². The van der Waals surface area contributed by atoms with Gasteiger partial charge in [0.05, 0.1) is 11.7 Å². The number of carbonyl (C=O) groups excluding carboxylic acids is 2. The molecule has 0 aromatic heterocycles. The molecule has 25 heavy (non-hydrogen) atoms. The maximum Gasteiger partial charge on any atom is 0.181 e. The fourth-order valence-electron chi connectivity index (χ4n) is 6.54. The Hall–Kier alpha value is -1.07. The Morgan fingerprint density at radius 1 is 1.16 bits per heavy atom. The van der Waals surface area contributed by atoms with E-state index in [1.54, 1.807) is 13.8 Å². The number of carbonyl (C=O) groups is 2. The summed E-state index contributed by atoms with van der Waals surface area (Å²) in [4.78, 5) is 25.0. The van der Waals surface area contributed by atoms with Crippen molar-refractivity contribution in [2.75, 3.05) is 0 Å². The quantitative estimate of drug-likeness (QED) is 0.704. The van der Waals surface area contributed by atoms with Crippen LogP contribution in [0.5, 0.6) is 0 Å². The van der Waals surface area contributed by atoms with Gasteiger partial charge in [-0.25, -0.2) is 4.39 Å². The first kappa shape index (κ1) is 17.3. The second-order valence-corrected chi connectivity index (χ2v) is 9.40. The number of halogens is 1. The molecule has 0 saturated heterocycles. The number of alkyl halides is 1. The van der Waals surface area contributed by atoms with Crippen molar-refractivity contribution in [2.24, 2.45) is 22.7 Å². The molecule has 3 saturated carbocycles. The molecule has 0 bridgehead atoms.